The molecule has 0 amide bonds. The molecule has 0 radical (unpaired) electrons. The van der Waals surface area contributed by atoms with E-state index in [4.69, 9.17) is 4.74 Å². The minimum atomic E-state index is -0.272. The molecule has 1 heterocycles. The van der Waals surface area contributed by atoms with Crippen LogP contribution in [0.15, 0.2) is 24.3 Å². The van der Waals surface area contributed by atoms with Gasteiger partial charge in [0.05, 0.1) is 6.10 Å². The maximum absolute atomic E-state index is 9.78. The zero-order valence-corrected chi connectivity index (χ0v) is 12.5. The molecule has 2 fully saturated rings. The Morgan fingerprint density at radius 2 is 2.15 bits per heavy atom. The minimum absolute atomic E-state index is 0.272. The van der Waals surface area contributed by atoms with E-state index in [9.17, 15) is 5.11 Å². The first kappa shape index (κ1) is 13.9. The largest absolute Gasteiger partial charge is 0.508 e. The average molecular weight is 275 g/mol. The molecule has 3 atom stereocenters. The summed E-state index contributed by atoms with van der Waals surface area (Å²) in [5, 5.41) is 9.78. The van der Waals surface area contributed by atoms with Crippen molar-refractivity contribution in [3.8, 4) is 5.75 Å². The summed E-state index contributed by atoms with van der Waals surface area (Å²) in [6.45, 7) is 3.09. The molecule has 20 heavy (non-hydrogen) atoms. The minimum Gasteiger partial charge on any atom is -0.508 e. The summed E-state index contributed by atoms with van der Waals surface area (Å²) in [4.78, 5) is 2.47. The highest BCUT2D eigenvalue weighted by molar-refractivity contribution is 5.32. The maximum atomic E-state index is 9.78. The Morgan fingerprint density at radius 3 is 2.90 bits per heavy atom. The molecule has 1 aromatic rings. The molecular formula is C17H25NO2. The van der Waals surface area contributed by atoms with Gasteiger partial charge in [-0.3, -0.25) is 4.90 Å². The smallest absolute Gasteiger partial charge is 0.115 e. The number of fused-ring (bicyclic) bond motifs is 1. The van der Waals surface area contributed by atoms with Gasteiger partial charge in [0.2, 0.25) is 0 Å². The molecule has 1 saturated heterocycles. The fourth-order valence-electron chi connectivity index (χ4n) is 3.91. The molecule has 1 saturated carbocycles. The van der Waals surface area contributed by atoms with Crippen molar-refractivity contribution in [2.45, 2.75) is 56.8 Å². The van der Waals surface area contributed by atoms with Gasteiger partial charge >= 0.3 is 0 Å². The topological polar surface area (TPSA) is 32.7 Å². The fourth-order valence-corrected chi connectivity index (χ4v) is 3.91. The molecule has 3 nitrogen and oxygen atoms in total. The third-order valence-corrected chi connectivity index (χ3v) is 5.06. The maximum Gasteiger partial charge on any atom is 0.115 e. The van der Waals surface area contributed by atoms with Gasteiger partial charge in [-0.25, -0.2) is 0 Å². The summed E-state index contributed by atoms with van der Waals surface area (Å²) in [5.74, 6) is 0.326. The Kier molecular flexibility index (Phi) is 3.74. The van der Waals surface area contributed by atoms with Crippen LogP contribution in [0, 0.1) is 0 Å². The Hall–Kier alpha value is -1.06. The molecule has 3 rings (SSSR count). The lowest BCUT2D eigenvalue weighted by molar-refractivity contribution is -0.192. The predicted molar refractivity (Wildman–Crippen MR) is 79.8 cm³/mol. The molecule has 3 heteroatoms. The van der Waals surface area contributed by atoms with Crippen molar-refractivity contribution in [1.82, 2.24) is 4.90 Å². The Morgan fingerprint density at radius 1 is 1.35 bits per heavy atom. The van der Waals surface area contributed by atoms with E-state index < -0.39 is 0 Å². The van der Waals surface area contributed by atoms with E-state index >= 15 is 0 Å². The van der Waals surface area contributed by atoms with Crippen molar-refractivity contribution in [3.63, 3.8) is 0 Å². The number of rotatable bonds is 2. The molecular weight excluding hydrogens is 250 g/mol. The van der Waals surface area contributed by atoms with Crippen molar-refractivity contribution < 1.29 is 9.84 Å². The Bertz CT molecular complexity index is 476. The number of aromatic hydroxyl groups is 1. The number of nitrogens with zero attached hydrogens (tertiary/aromatic N) is 1. The highest BCUT2D eigenvalue weighted by Gasteiger charge is 2.45. The Balaban J connectivity index is 1.93. The lowest BCUT2D eigenvalue weighted by Crippen LogP contribution is -2.58. The molecule has 0 unspecified atom stereocenters. The number of phenols is 1. The Labute approximate surface area is 121 Å². The first-order valence-electron chi connectivity index (χ1n) is 7.82. The second kappa shape index (κ2) is 5.38. The van der Waals surface area contributed by atoms with Crippen LogP contribution < -0.4 is 0 Å². The van der Waals surface area contributed by atoms with Crippen LogP contribution in [0.2, 0.25) is 0 Å². The van der Waals surface area contributed by atoms with E-state index in [2.05, 4.69) is 24.9 Å². The van der Waals surface area contributed by atoms with Crippen LogP contribution in [0.5, 0.6) is 5.75 Å². The van der Waals surface area contributed by atoms with Gasteiger partial charge in [0.15, 0.2) is 0 Å². The number of ether oxygens (including phenoxy) is 1. The second-order valence-corrected chi connectivity index (χ2v) is 6.32. The van der Waals surface area contributed by atoms with E-state index in [0.717, 1.165) is 24.9 Å². The summed E-state index contributed by atoms with van der Waals surface area (Å²) in [6, 6.07) is 8.16. The first-order chi connectivity index (χ1) is 9.64. The van der Waals surface area contributed by atoms with Crippen LogP contribution in [0.1, 0.15) is 44.6 Å². The van der Waals surface area contributed by atoms with Crippen LogP contribution >= 0.6 is 0 Å². The molecule has 0 spiro atoms. The molecule has 110 valence electrons. The number of phenolic OH excluding ortho intramolecular Hbond substituents is 1. The van der Waals surface area contributed by atoms with Gasteiger partial charge in [0.1, 0.15) is 11.4 Å². The summed E-state index contributed by atoms with van der Waals surface area (Å²) < 4.78 is 6.59. The van der Waals surface area contributed by atoms with E-state index in [0.29, 0.717) is 17.9 Å². The average Bonchev–Trinajstić information content (AvgIpc) is 2.47. The summed E-state index contributed by atoms with van der Waals surface area (Å²) in [5.41, 5.74) is 0.835. The van der Waals surface area contributed by atoms with Crippen molar-refractivity contribution in [2.75, 3.05) is 13.6 Å². The van der Waals surface area contributed by atoms with Gasteiger partial charge in [0, 0.05) is 12.6 Å². The lowest BCUT2D eigenvalue weighted by Gasteiger charge is -2.51. The molecule has 1 aliphatic heterocycles. The molecule has 0 bridgehead atoms. The zero-order chi connectivity index (χ0) is 14.2. The monoisotopic (exact) mass is 275 g/mol. The molecule has 1 aliphatic carbocycles. The first-order valence-corrected chi connectivity index (χ1v) is 7.82. The molecule has 0 aromatic heterocycles. The summed E-state index contributed by atoms with van der Waals surface area (Å²) in [6.07, 6.45) is 6.28. The van der Waals surface area contributed by atoms with Gasteiger partial charge in [-0.2, -0.15) is 0 Å². The van der Waals surface area contributed by atoms with Crippen LogP contribution in [0.25, 0.3) is 0 Å². The highest BCUT2D eigenvalue weighted by Crippen LogP contribution is 2.41. The van der Waals surface area contributed by atoms with Gasteiger partial charge in [-0.05, 0) is 44.0 Å². The predicted octanol–water partition coefficient (Wildman–Crippen LogP) is 3.27. The quantitative estimate of drug-likeness (QED) is 0.899. The SMILES string of the molecule is CC[C@@]1(c2cccc(O)c2)CN(C)[C@@H]2CCCC[C@H]2O1. The van der Waals surface area contributed by atoms with Crippen LogP contribution in [-0.2, 0) is 10.3 Å². The van der Waals surface area contributed by atoms with Crippen molar-refractivity contribution in [3.05, 3.63) is 29.8 Å². The second-order valence-electron chi connectivity index (χ2n) is 6.32. The molecule has 1 N–H and O–H groups in total. The molecule has 2 aliphatic rings. The van der Waals surface area contributed by atoms with Crippen LogP contribution in [0.4, 0.5) is 0 Å². The van der Waals surface area contributed by atoms with Gasteiger partial charge in [0.25, 0.3) is 0 Å². The highest BCUT2D eigenvalue weighted by atomic mass is 16.5. The fraction of sp³-hybridized carbons (Fsp3) is 0.647. The third kappa shape index (κ3) is 2.33. The van der Waals surface area contributed by atoms with Gasteiger partial charge in [-0.15, -0.1) is 0 Å². The van der Waals surface area contributed by atoms with Crippen molar-refractivity contribution in [2.24, 2.45) is 0 Å². The molecule has 1 aromatic carbocycles. The van der Waals surface area contributed by atoms with Gasteiger partial charge in [-0.1, -0.05) is 31.9 Å². The zero-order valence-electron chi connectivity index (χ0n) is 12.5. The summed E-state index contributed by atoms with van der Waals surface area (Å²) >= 11 is 0. The third-order valence-electron chi connectivity index (χ3n) is 5.06. The standard InChI is InChI=1S/C17H25NO2/c1-3-17(13-7-6-8-14(19)11-13)12-18(2)15-9-4-5-10-16(15)20-17/h6-8,11,15-16,19H,3-5,9-10,12H2,1-2H3/t15-,16-,17+/m1/s1. The number of hydrogen-bond donors (Lipinski definition) is 1. The van der Waals surface area contributed by atoms with Crippen molar-refractivity contribution >= 4 is 0 Å². The summed E-state index contributed by atoms with van der Waals surface area (Å²) in [7, 11) is 2.22. The normalized spacial score (nSPS) is 34.7. The number of benzene rings is 1. The van der Waals surface area contributed by atoms with E-state index in [-0.39, 0.29) is 5.60 Å². The number of likely N-dealkylation sites (N-methyl/N-ethyl adjacent to an activating group) is 1. The van der Waals surface area contributed by atoms with Crippen LogP contribution in [-0.4, -0.2) is 35.7 Å². The lowest BCUT2D eigenvalue weighted by atomic mass is 9.83. The van der Waals surface area contributed by atoms with Crippen molar-refractivity contribution in [1.29, 1.82) is 0 Å². The van der Waals surface area contributed by atoms with Crippen LogP contribution in [0.3, 0.4) is 0 Å². The van der Waals surface area contributed by atoms with E-state index in [1.54, 1.807) is 6.07 Å². The van der Waals surface area contributed by atoms with Gasteiger partial charge < -0.3 is 9.84 Å². The number of hydrogen-bond acceptors (Lipinski definition) is 3. The number of morpholine rings is 1. The van der Waals surface area contributed by atoms with E-state index in [1.165, 1.54) is 19.3 Å². The van der Waals surface area contributed by atoms with E-state index in [1.807, 2.05) is 12.1 Å².